The Balaban J connectivity index is 1.84. The largest absolute Gasteiger partial charge is 0.507 e. The molecule has 0 saturated carbocycles. The number of methoxy groups -OCH3 is 1. The Bertz CT molecular complexity index is 1310. The van der Waals surface area contributed by atoms with Gasteiger partial charge in [-0.25, -0.2) is 0 Å². The van der Waals surface area contributed by atoms with Crippen LogP contribution in [0.25, 0.3) is 5.76 Å². The Morgan fingerprint density at radius 3 is 2.47 bits per heavy atom. The Labute approximate surface area is 214 Å². The van der Waals surface area contributed by atoms with Gasteiger partial charge in [-0.2, -0.15) is 0 Å². The monoisotopic (exact) mass is 510 g/mol. The molecule has 1 saturated heterocycles. The fourth-order valence-corrected chi connectivity index (χ4v) is 4.12. The molecule has 9 heteroatoms. The zero-order valence-electron chi connectivity index (χ0n) is 20.4. The number of amides is 1. The molecule has 2 aromatic carbocycles. The molecule has 1 amide bonds. The van der Waals surface area contributed by atoms with E-state index in [4.69, 9.17) is 25.6 Å². The normalized spacial score (nSPS) is 17.2. The number of nitrogens with zero attached hydrogens (tertiary/aromatic N) is 2. The molecule has 1 atom stereocenters. The van der Waals surface area contributed by atoms with Crippen molar-refractivity contribution in [2.24, 2.45) is 5.92 Å². The van der Waals surface area contributed by atoms with Crippen molar-refractivity contribution in [2.75, 3.05) is 18.6 Å². The van der Waals surface area contributed by atoms with Gasteiger partial charge in [0.15, 0.2) is 17.3 Å². The maximum atomic E-state index is 13.2. The zero-order chi connectivity index (χ0) is 26.0. The summed E-state index contributed by atoms with van der Waals surface area (Å²) in [5.74, 6) is 0.0754. The van der Waals surface area contributed by atoms with E-state index in [1.807, 2.05) is 0 Å². The summed E-state index contributed by atoms with van der Waals surface area (Å²) < 4.78 is 16.6. The number of Topliss-reactive ketones (excluding diaryl/α,β-unsaturated/α-hetero) is 1. The average Bonchev–Trinajstić information content (AvgIpc) is 3.39. The van der Waals surface area contributed by atoms with Crippen molar-refractivity contribution in [3.8, 4) is 11.5 Å². The highest BCUT2D eigenvalue weighted by atomic mass is 35.5. The van der Waals surface area contributed by atoms with Crippen molar-refractivity contribution in [1.29, 1.82) is 0 Å². The van der Waals surface area contributed by atoms with E-state index in [9.17, 15) is 14.7 Å². The molecule has 0 spiro atoms. The molecule has 0 aliphatic carbocycles. The minimum atomic E-state index is -0.983. The van der Waals surface area contributed by atoms with Crippen molar-refractivity contribution in [3.63, 3.8) is 0 Å². The van der Waals surface area contributed by atoms with E-state index in [-0.39, 0.29) is 17.2 Å². The van der Waals surface area contributed by atoms with Crippen LogP contribution in [0.1, 0.15) is 43.2 Å². The number of aryl methyl sites for hydroxylation is 1. The lowest BCUT2D eigenvalue weighted by Crippen LogP contribution is -2.29. The lowest BCUT2D eigenvalue weighted by atomic mass is 9.95. The quantitative estimate of drug-likeness (QED) is 0.236. The van der Waals surface area contributed by atoms with Gasteiger partial charge >= 0.3 is 5.91 Å². The summed E-state index contributed by atoms with van der Waals surface area (Å²) in [5, 5.41) is 15.6. The number of ether oxygens (including phenoxy) is 2. The van der Waals surface area contributed by atoms with E-state index in [1.165, 1.54) is 12.0 Å². The molecule has 0 radical (unpaired) electrons. The van der Waals surface area contributed by atoms with Gasteiger partial charge in [0.05, 0.1) is 25.3 Å². The minimum absolute atomic E-state index is 0.0847. The standard InChI is InChI=1S/C27H27ClN2O6/c1-15(2)11-12-35-20-10-7-18(14-21(20)34-4)24-23(25(31)17-5-8-19(28)9-6-17)26(32)27(33)30(24)22-13-16(3)36-29-22/h5-10,13-15,24,31H,11-12H2,1-4H3/b25-23+/t24-/m0/s1. The summed E-state index contributed by atoms with van der Waals surface area (Å²) in [4.78, 5) is 27.7. The van der Waals surface area contributed by atoms with Crippen molar-refractivity contribution in [2.45, 2.75) is 33.2 Å². The number of aliphatic hydroxyl groups excluding tert-OH is 1. The van der Waals surface area contributed by atoms with E-state index < -0.39 is 17.7 Å². The molecule has 36 heavy (non-hydrogen) atoms. The van der Waals surface area contributed by atoms with Gasteiger partial charge in [0, 0.05) is 16.7 Å². The van der Waals surface area contributed by atoms with Crippen LogP contribution in [0.4, 0.5) is 5.82 Å². The fraction of sp³-hybridized carbons (Fsp3) is 0.296. The third-order valence-electron chi connectivity index (χ3n) is 5.88. The van der Waals surface area contributed by atoms with Gasteiger partial charge in [-0.05, 0) is 61.2 Å². The summed E-state index contributed by atoms with van der Waals surface area (Å²) in [5.41, 5.74) is 0.788. The zero-order valence-corrected chi connectivity index (χ0v) is 21.2. The number of hydrogen-bond donors (Lipinski definition) is 1. The predicted molar refractivity (Wildman–Crippen MR) is 135 cm³/mol. The molecule has 1 fully saturated rings. The van der Waals surface area contributed by atoms with Gasteiger partial charge < -0.3 is 19.1 Å². The Hall–Kier alpha value is -3.78. The first kappa shape index (κ1) is 25.3. The highest BCUT2D eigenvalue weighted by molar-refractivity contribution is 6.51. The number of rotatable bonds is 8. The molecule has 0 bridgehead atoms. The van der Waals surface area contributed by atoms with E-state index in [0.29, 0.717) is 45.9 Å². The summed E-state index contributed by atoms with van der Waals surface area (Å²) in [6.07, 6.45) is 0.873. The van der Waals surface area contributed by atoms with E-state index in [0.717, 1.165) is 6.42 Å². The second-order valence-electron chi connectivity index (χ2n) is 8.91. The lowest BCUT2D eigenvalue weighted by Gasteiger charge is -2.24. The van der Waals surface area contributed by atoms with Crippen LogP contribution >= 0.6 is 11.6 Å². The van der Waals surface area contributed by atoms with Crippen LogP contribution in [0.15, 0.2) is 58.6 Å². The summed E-state index contributed by atoms with van der Waals surface area (Å²) in [7, 11) is 1.51. The summed E-state index contributed by atoms with van der Waals surface area (Å²) in [6.45, 7) is 6.42. The van der Waals surface area contributed by atoms with E-state index in [2.05, 4.69) is 19.0 Å². The summed E-state index contributed by atoms with van der Waals surface area (Å²) >= 11 is 5.99. The number of carbonyl (C=O) groups excluding carboxylic acids is 2. The summed E-state index contributed by atoms with van der Waals surface area (Å²) in [6, 6.07) is 12.1. The number of anilines is 1. The SMILES string of the molecule is COc1cc([C@H]2/C(=C(\O)c3ccc(Cl)cc3)C(=O)C(=O)N2c2cc(C)on2)ccc1OCCC(C)C. The number of ketones is 1. The predicted octanol–water partition coefficient (Wildman–Crippen LogP) is 5.70. The van der Waals surface area contributed by atoms with Gasteiger partial charge in [-0.1, -0.05) is 36.7 Å². The van der Waals surface area contributed by atoms with Gasteiger partial charge in [-0.3, -0.25) is 14.5 Å². The number of halogens is 1. The Kier molecular flexibility index (Phi) is 7.35. The van der Waals surface area contributed by atoms with Gasteiger partial charge in [0.25, 0.3) is 5.78 Å². The molecule has 1 aromatic heterocycles. The van der Waals surface area contributed by atoms with Crippen LogP contribution in [0.2, 0.25) is 5.02 Å². The van der Waals surface area contributed by atoms with Gasteiger partial charge in [0.2, 0.25) is 0 Å². The molecule has 1 N–H and O–H groups in total. The first-order valence-corrected chi connectivity index (χ1v) is 11.9. The van der Waals surface area contributed by atoms with Crippen molar-refractivity contribution >= 4 is 34.9 Å². The van der Waals surface area contributed by atoms with Gasteiger partial charge in [-0.15, -0.1) is 0 Å². The molecule has 8 nitrogen and oxygen atoms in total. The van der Waals surface area contributed by atoms with E-state index >= 15 is 0 Å². The molecule has 3 aromatic rings. The lowest BCUT2D eigenvalue weighted by molar-refractivity contribution is -0.132. The highest BCUT2D eigenvalue weighted by Gasteiger charge is 2.48. The Morgan fingerprint density at radius 1 is 1.14 bits per heavy atom. The number of benzene rings is 2. The first-order chi connectivity index (χ1) is 17.2. The van der Waals surface area contributed by atoms with Crippen LogP contribution in [-0.4, -0.2) is 35.7 Å². The van der Waals surface area contributed by atoms with Crippen molar-refractivity contribution < 1.29 is 28.7 Å². The maximum Gasteiger partial charge on any atom is 0.301 e. The maximum absolute atomic E-state index is 13.2. The average molecular weight is 511 g/mol. The highest BCUT2D eigenvalue weighted by Crippen LogP contribution is 2.44. The molecular formula is C27H27ClN2O6. The van der Waals surface area contributed by atoms with Crippen LogP contribution in [0, 0.1) is 12.8 Å². The molecular weight excluding hydrogens is 484 g/mol. The first-order valence-electron chi connectivity index (χ1n) is 11.5. The smallest absolute Gasteiger partial charge is 0.301 e. The van der Waals surface area contributed by atoms with Crippen molar-refractivity contribution in [1.82, 2.24) is 5.16 Å². The number of aromatic nitrogens is 1. The van der Waals surface area contributed by atoms with Crippen LogP contribution in [-0.2, 0) is 9.59 Å². The third kappa shape index (κ3) is 4.95. The molecule has 4 rings (SSSR count). The third-order valence-corrected chi connectivity index (χ3v) is 6.13. The number of carbonyl (C=O) groups is 2. The second-order valence-corrected chi connectivity index (χ2v) is 9.35. The number of aliphatic hydroxyl groups is 1. The fourth-order valence-electron chi connectivity index (χ4n) is 3.99. The molecule has 188 valence electrons. The number of hydrogen-bond acceptors (Lipinski definition) is 7. The second kappa shape index (κ2) is 10.5. The minimum Gasteiger partial charge on any atom is -0.507 e. The van der Waals surface area contributed by atoms with Gasteiger partial charge in [0.1, 0.15) is 11.5 Å². The molecule has 1 aliphatic rings. The van der Waals surface area contributed by atoms with Crippen LogP contribution in [0.3, 0.4) is 0 Å². The molecule has 0 unspecified atom stereocenters. The van der Waals surface area contributed by atoms with Crippen LogP contribution < -0.4 is 14.4 Å². The van der Waals surface area contributed by atoms with Crippen molar-refractivity contribution in [3.05, 3.63) is 76.0 Å². The van der Waals surface area contributed by atoms with E-state index in [1.54, 1.807) is 55.5 Å². The molecule has 1 aliphatic heterocycles. The topological polar surface area (TPSA) is 102 Å². The molecule has 2 heterocycles. The Morgan fingerprint density at radius 2 is 1.86 bits per heavy atom. The van der Waals surface area contributed by atoms with Crippen LogP contribution in [0.5, 0.6) is 11.5 Å².